The van der Waals surface area contributed by atoms with Gasteiger partial charge in [0.2, 0.25) is 0 Å². The normalized spacial score (nSPS) is 17.0. The Kier molecular flexibility index (Phi) is 5.01. The highest BCUT2D eigenvalue weighted by Gasteiger charge is 2.36. The summed E-state index contributed by atoms with van der Waals surface area (Å²) in [4.78, 5) is 13.1. The first-order valence-corrected chi connectivity index (χ1v) is 11.8. The van der Waals surface area contributed by atoms with Crippen LogP contribution in [0.15, 0.2) is 71.6 Å². The number of ether oxygens (including phenoxy) is 2. The summed E-state index contributed by atoms with van der Waals surface area (Å²) in [5.74, 6) is 0.973. The molecule has 164 valence electrons. The molecule has 7 nitrogen and oxygen atoms in total. The second-order valence-corrected chi connectivity index (χ2v) is 9.64. The molecule has 0 radical (unpaired) electrons. The van der Waals surface area contributed by atoms with Crippen molar-refractivity contribution in [1.29, 1.82) is 0 Å². The third-order valence-corrected chi connectivity index (χ3v) is 7.54. The molecule has 5 rings (SSSR count). The van der Waals surface area contributed by atoms with Crippen molar-refractivity contribution >= 4 is 27.3 Å². The van der Waals surface area contributed by atoms with Gasteiger partial charge in [0.25, 0.3) is 15.9 Å². The molecule has 0 unspecified atom stereocenters. The highest BCUT2D eigenvalue weighted by atomic mass is 32.2. The van der Waals surface area contributed by atoms with E-state index >= 15 is 0 Å². The van der Waals surface area contributed by atoms with Crippen LogP contribution in [0.5, 0.6) is 11.5 Å². The maximum atomic E-state index is 13.2. The van der Waals surface area contributed by atoms with Gasteiger partial charge >= 0.3 is 0 Å². The minimum atomic E-state index is -3.68. The number of benzene rings is 3. The Balaban J connectivity index is 1.40. The Morgan fingerprint density at radius 2 is 1.72 bits per heavy atom. The topological polar surface area (TPSA) is 84.9 Å². The number of hydrogen-bond acceptors (Lipinski definition) is 5. The summed E-state index contributed by atoms with van der Waals surface area (Å²) in [6.07, 6.45) is 0.534. The molecular weight excluding hydrogens is 428 g/mol. The fourth-order valence-electron chi connectivity index (χ4n) is 4.14. The Morgan fingerprint density at radius 3 is 2.50 bits per heavy atom. The van der Waals surface area contributed by atoms with Crippen LogP contribution in [-0.2, 0) is 16.4 Å². The van der Waals surface area contributed by atoms with Crippen LogP contribution < -0.4 is 19.1 Å². The molecule has 8 heteroatoms. The maximum Gasteiger partial charge on any atom is 0.264 e. The standard InChI is InChI=1S/C24H22N2O5S/c1-16-13-18-14-17(24(27)25-19-8-10-22-23(15-19)31-12-11-30-22)7-9-21(18)26(16)32(28,29)20-5-3-2-4-6-20/h2-10,14-16H,11-13H2,1H3,(H,25,27)/t16-/m0/s1. The van der Waals surface area contributed by atoms with Crippen LogP contribution in [0.3, 0.4) is 0 Å². The molecule has 0 spiro atoms. The number of rotatable bonds is 4. The summed E-state index contributed by atoms with van der Waals surface area (Å²) in [7, 11) is -3.68. The highest BCUT2D eigenvalue weighted by molar-refractivity contribution is 7.92. The summed E-state index contributed by atoms with van der Waals surface area (Å²) in [5, 5.41) is 2.87. The lowest BCUT2D eigenvalue weighted by Crippen LogP contribution is -2.35. The van der Waals surface area contributed by atoms with Gasteiger partial charge in [-0.25, -0.2) is 8.42 Å². The first-order chi connectivity index (χ1) is 15.4. The number of carbonyl (C=O) groups excluding carboxylic acids is 1. The maximum absolute atomic E-state index is 13.2. The third-order valence-electron chi connectivity index (χ3n) is 5.59. The minimum Gasteiger partial charge on any atom is -0.486 e. The van der Waals surface area contributed by atoms with Gasteiger partial charge in [0.1, 0.15) is 13.2 Å². The number of hydrogen-bond donors (Lipinski definition) is 1. The third kappa shape index (κ3) is 3.56. The van der Waals surface area contributed by atoms with Gasteiger partial charge in [-0.05, 0) is 61.4 Å². The van der Waals surface area contributed by atoms with Crippen molar-refractivity contribution in [3.05, 3.63) is 77.9 Å². The zero-order chi connectivity index (χ0) is 22.3. The average molecular weight is 451 g/mol. The van der Waals surface area contributed by atoms with E-state index in [1.165, 1.54) is 4.31 Å². The van der Waals surface area contributed by atoms with Crippen LogP contribution in [0.1, 0.15) is 22.8 Å². The van der Waals surface area contributed by atoms with Crippen molar-refractivity contribution in [2.75, 3.05) is 22.8 Å². The molecule has 32 heavy (non-hydrogen) atoms. The summed E-state index contributed by atoms with van der Waals surface area (Å²) in [6.45, 7) is 2.84. The number of nitrogens with one attached hydrogen (secondary N) is 1. The van der Waals surface area contributed by atoms with Crippen LogP contribution in [-0.4, -0.2) is 33.6 Å². The first-order valence-electron chi connectivity index (χ1n) is 10.4. The summed E-state index contributed by atoms with van der Waals surface area (Å²) < 4.78 is 38.9. The van der Waals surface area contributed by atoms with E-state index in [0.717, 1.165) is 5.56 Å². The summed E-state index contributed by atoms with van der Waals surface area (Å²) in [5.41, 5.74) is 2.50. The molecular formula is C24H22N2O5S. The van der Waals surface area contributed by atoms with Gasteiger partial charge in [0.05, 0.1) is 10.6 Å². The molecule has 0 fully saturated rings. The fourth-order valence-corrected chi connectivity index (χ4v) is 5.85. The number of fused-ring (bicyclic) bond motifs is 2. The molecule has 2 aliphatic heterocycles. The van der Waals surface area contributed by atoms with Crippen molar-refractivity contribution in [2.45, 2.75) is 24.3 Å². The Morgan fingerprint density at radius 1 is 0.969 bits per heavy atom. The van der Waals surface area contributed by atoms with Crippen LogP contribution >= 0.6 is 0 Å². The quantitative estimate of drug-likeness (QED) is 0.653. The van der Waals surface area contributed by atoms with E-state index in [2.05, 4.69) is 5.32 Å². The molecule has 3 aromatic rings. The van der Waals surface area contributed by atoms with E-state index in [-0.39, 0.29) is 16.8 Å². The molecule has 3 aromatic carbocycles. The van der Waals surface area contributed by atoms with Gasteiger partial charge in [-0.15, -0.1) is 0 Å². The Bertz CT molecular complexity index is 1290. The SMILES string of the molecule is C[C@H]1Cc2cc(C(=O)Nc3ccc4c(c3)OCCO4)ccc2N1S(=O)(=O)c1ccccc1. The van der Waals surface area contributed by atoms with E-state index in [9.17, 15) is 13.2 Å². The predicted molar refractivity (Wildman–Crippen MR) is 121 cm³/mol. The van der Waals surface area contributed by atoms with Crippen LogP contribution in [0.4, 0.5) is 11.4 Å². The van der Waals surface area contributed by atoms with E-state index < -0.39 is 10.0 Å². The van der Waals surface area contributed by atoms with Gasteiger partial charge in [0.15, 0.2) is 11.5 Å². The highest BCUT2D eigenvalue weighted by Crippen LogP contribution is 2.37. The molecule has 0 aliphatic carbocycles. The second-order valence-electron chi connectivity index (χ2n) is 7.82. The lowest BCUT2D eigenvalue weighted by Gasteiger charge is -2.24. The zero-order valence-corrected chi connectivity index (χ0v) is 18.3. The summed E-state index contributed by atoms with van der Waals surface area (Å²) >= 11 is 0. The van der Waals surface area contributed by atoms with Crippen molar-refractivity contribution in [3.8, 4) is 11.5 Å². The second kappa shape index (κ2) is 7.87. The smallest absolute Gasteiger partial charge is 0.264 e. The molecule has 0 saturated heterocycles. The van der Waals surface area contributed by atoms with Crippen molar-refractivity contribution in [2.24, 2.45) is 0 Å². The van der Waals surface area contributed by atoms with Crippen LogP contribution in [0.25, 0.3) is 0 Å². The lowest BCUT2D eigenvalue weighted by atomic mass is 10.1. The number of nitrogens with zero attached hydrogens (tertiary/aromatic N) is 1. The zero-order valence-electron chi connectivity index (χ0n) is 17.4. The predicted octanol–water partition coefficient (Wildman–Crippen LogP) is 3.85. The molecule has 1 amide bonds. The monoisotopic (exact) mass is 450 g/mol. The van der Waals surface area contributed by atoms with E-state index in [0.29, 0.717) is 48.1 Å². The van der Waals surface area contributed by atoms with Gasteiger partial charge in [-0.3, -0.25) is 9.10 Å². The number of anilines is 2. The largest absolute Gasteiger partial charge is 0.486 e. The van der Waals surface area contributed by atoms with Crippen molar-refractivity contribution in [1.82, 2.24) is 0 Å². The average Bonchev–Trinajstić information content (AvgIpc) is 3.15. The van der Waals surface area contributed by atoms with E-state index in [4.69, 9.17) is 9.47 Å². The molecule has 0 saturated carbocycles. The van der Waals surface area contributed by atoms with Crippen LogP contribution in [0, 0.1) is 0 Å². The van der Waals surface area contributed by atoms with Gasteiger partial charge in [0, 0.05) is 23.4 Å². The fraction of sp³-hybridized carbons (Fsp3) is 0.208. The molecule has 1 atom stereocenters. The minimum absolute atomic E-state index is 0.244. The first kappa shape index (κ1) is 20.4. The van der Waals surface area contributed by atoms with Crippen molar-refractivity contribution in [3.63, 3.8) is 0 Å². The molecule has 0 bridgehead atoms. The van der Waals surface area contributed by atoms with Gasteiger partial charge < -0.3 is 14.8 Å². The number of carbonyl (C=O) groups is 1. The molecule has 2 aliphatic rings. The number of amides is 1. The van der Waals surface area contributed by atoms with Crippen molar-refractivity contribution < 1.29 is 22.7 Å². The van der Waals surface area contributed by atoms with E-state index in [1.807, 2.05) is 6.92 Å². The Hall–Kier alpha value is -3.52. The lowest BCUT2D eigenvalue weighted by molar-refractivity contribution is 0.102. The molecule has 2 heterocycles. The molecule has 0 aromatic heterocycles. The van der Waals surface area contributed by atoms with E-state index in [1.54, 1.807) is 66.7 Å². The van der Waals surface area contributed by atoms with Gasteiger partial charge in [-0.2, -0.15) is 0 Å². The van der Waals surface area contributed by atoms with Gasteiger partial charge in [-0.1, -0.05) is 18.2 Å². The Labute approximate surface area is 186 Å². The summed E-state index contributed by atoms with van der Waals surface area (Å²) in [6, 6.07) is 18.5. The molecule has 1 N–H and O–H groups in total. The number of sulfonamides is 1. The van der Waals surface area contributed by atoms with Crippen LogP contribution in [0.2, 0.25) is 0 Å².